The van der Waals surface area contributed by atoms with Crippen LogP contribution in [0.15, 0.2) is 78.3 Å². The molecule has 1 aliphatic rings. The quantitative estimate of drug-likeness (QED) is 0.703. The van der Waals surface area contributed by atoms with Gasteiger partial charge >= 0.3 is 0 Å². The summed E-state index contributed by atoms with van der Waals surface area (Å²) < 4.78 is 1.63. The first-order valence-electron chi connectivity index (χ1n) is 7.67. The third-order valence-corrected chi connectivity index (χ3v) is 4.19. The average Bonchev–Trinajstić information content (AvgIpc) is 3.03. The molecule has 5 heteroatoms. The van der Waals surface area contributed by atoms with E-state index in [1.165, 1.54) is 0 Å². The van der Waals surface area contributed by atoms with Crippen molar-refractivity contribution >= 4 is 28.2 Å². The van der Waals surface area contributed by atoms with Gasteiger partial charge in [0.05, 0.1) is 11.2 Å². The van der Waals surface area contributed by atoms with Gasteiger partial charge in [-0.2, -0.15) is 0 Å². The van der Waals surface area contributed by atoms with Gasteiger partial charge in [0.1, 0.15) is 5.70 Å². The molecule has 0 radical (unpaired) electrons. The van der Waals surface area contributed by atoms with Crippen LogP contribution < -0.4 is 0 Å². The summed E-state index contributed by atoms with van der Waals surface area (Å²) >= 11 is 0. The Kier molecular flexibility index (Phi) is 3.28. The molecule has 0 fully saturated rings. The Morgan fingerprint density at radius 2 is 1.48 bits per heavy atom. The monoisotopic (exact) mass is 331 g/mol. The average molecular weight is 331 g/mol. The fraction of sp³-hybridized carbons (Fsp3) is 0. The minimum Gasteiger partial charge on any atom is -0.501 e. The highest BCUT2D eigenvalue weighted by Gasteiger charge is 2.31. The van der Waals surface area contributed by atoms with Crippen molar-refractivity contribution in [2.24, 2.45) is 0 Å². The lowest BCUT2D eigenvalue weighted by molar-refractivity contribution is -0.118. The van der Waals surface area contributed by atoms with E-state index >= 15 is 0 Å². The summed E-state index contributed by atoms with van der Waals surface area (Å²) in [6.45, 7) is 0. The van der Waals surface area contributed by atoms with Crippen molar-refractivity contribution in [1.29, 1.82) is 0 Å². The lowest BCUT2D eigenvalue weighted by Crippen LogP contribution is -2.21. The summed E-state index contributed by atoms with van der Waals surface area (Å²) in [5.41, 5.74) is 2.30. The number of aliphatic hydroxyl groups excluding tert-OH is 2. The van der Waals surface area contributed by atoms with E-state index < -0.39 is 23.1 Å². The number of hydrogen-bond donors (Lipinski definition) is 2. The van der Waals surface area contributed by atoms with E-state index in [4.69, 9.17) is 0 Å². The summed E-state index contributed by atoms with van der Waals surface area (Å²) in [6.07, 6.45) is 1.05. The Balaban J connectivity index is 2.03. The summed E-state index contributed by atoms with van der Waals surface area (Å²) in [5, 5.41) is 20.3. The first kappa shape index (κ1) is 15.0. The van der Waals surface area contributed by atoms with Gasteiger partial charge in [-0.05, 0) is 17.7 Å². The smallest absolute Gasteiger partial charge is 0.248 e. The second kappa shape index (κ2) is 5.49. The molecule has 2 N–H and O–H groups in total. The molecule has 4 rings (SSSR count). The Labute approximate surface area is 142 Å². The number of aromatic nitrogens is 1. The van der Waals surface area contributed by atoms with Crippen LogP contribution in [0.3, 0.4) is 0 Å². The largest absolute Gasteiger partial charge is 0.501 e. The molecule has 1 aromatic heterocycles. The molecule has 2 aromatic carbocycles. The number of nitrogens with zero attached hydrogens (tertiary/aromatic N) is 1. The first-order valence-corrected chi connectivity index (χ1v) is 7.67. The molecule has 3 aromatic rings. The van der Waals surface area contributed by atoms with Gasteiger partial charge in [-0.3, -0.25) is 9.59 Å². The van der Waals surface area contributed by atoms with E-state index in [1.54, 1.807) is 4.57 Å². The van der Waals surface area contributed by atoms with Gasteiger partial charge in [0.15, 0.2) is 0 Å². The molecule has 0 spiro atoms. The second-order valence-electron chi connectivity index (χ2n) is 5.71. The molecular weight excluding hydrogens is 318 g/mol. The number of carbonyl (C=O) groups is 2. The number of allylic oxidation sites excluding steroid dienone is 2. The van der Waals surface area contributed by atoms with Crippen LogP contribution in [0.25, 0.3) is 27.9 Å². The van der Waals surface area contributed by atoms with E-state index in [9.17, 15) is 19.8 Å². The summed E-state index contributed by atoms with van der Waals surface area (Å²) in [6, 6.07) is 18.8. The van der Waals surface area contributed by atoms with Crippen molar-refractivity contribution in [3.8, 4) is 11.3 Å². The highest BCUT2D eigenvalue weighted by Crippen LogP contribution is 2.33. The van der Waals surface area contributed by atoms with Crippen LogP contribution in [0.2, 0.25) is 0 Å². The van der Waals surface area contributed by atoms with E-state index in [0.717, 1.165) is 22.5 Å². The van der Waals surface area contributed by atoms with Gasteiger partial charge in [0.2, 0.25) is 23.1 Å². The molecule has 0 aliphatic heterocycles. The molecule has 122 valence electrons. The fourth-order valence-corrected chi connectivity index (χ4v) is 3.01. The van der Waals surface area contributed by atoms with Crippen molar-refractivity contribution in [3.63, 3.8) is 0 Å². The van der Waals surface area contributed by atoms with Gasteiger partial charge in [-0.25, -0.2) is 0 Å². The number of carbonyl (C=O) groups excluding carboxylic acids is 2. The maximum atomic E-state index is 12.5. The Bertz CT molecular complexity index is 1090. The van der Waals surface area contributed by atoms with Gasteiger partial charge in [-0.1, -0.05) is 48.5 Å². The van der Waals surface area contributed by atoms with Crippen molar-refractivity contribution in [2.75, 3.05) is 0 Å². The molecule has 0 saturated heterocycles. The summed E-state index contributed by atoms with van der Waals surface area (Å²) in [4.78, 5) is 24.4. The standard InChI is InChI=1S/C20H13NO4/c22-17-11-16(18(23)20(25)19(17)24)21-14-9-5-4-8-13(14)10-15(21)12-6-2-1-3-7-12/h1-11,24-25H. The molecule has 1 aliphatic carbocycles. The predicted octanol–water partition coefficient (Wildman–Crippen LogP) is 3.63. The Hall–Kier alpha value is -3.60. The van der Waals surface area contributed by atoms with Crippen molar-refractivity contribution < 1.29 is 19.8 Å². The van der Waals surface area contributed by atoms with Gasteiger partial charge in [-0.15, -0.1) is 0 Å². The number of Topliss-reactive ketones (excluding diaryl/α,β-unsaturated/α-hetero) is 1. The zero-order valence-electron chi connectivity index (χ0n) is 13.0. The molecule has 0 amide bonds. The zero-order chi connectivity index (χ0) is 17.6. The molecule has 0 atom stereocenters. The number of ketones is 2. The van der Waals surface area contributed by atoms with E-state index in [0.29, 0.717) is 5.69 Å². The van der Waals surface area contributed by atoms with Crippen LogP contribution in [-0.4, -0.2) is 26.3 Å². The molecule has 0 bridgehead atoms. The van der Waals surface area contributed by atoms with Gasteiger partial charge < -0.3 is 14.8 Å². The number of para-hydroxylation sites is 1. The Morgan fingerprint density at radius 3 is 2.24 bits per heavy atom. The summed E-state index contributed by atoms with van der Waals surface area (Å²) in [7, 11) is 0. The van der Waals surface area contributed by atoms with Gasteiger partial charge in [0, 0.05) is 11.5 Å². The first-order chi connectivity index (χ1) is 12.1. The van der Waals surface area contributed by atoms with Crippen molar-refractivity contribution in [2.45, 2.75) is 0 Å². The highest BCUT2D eigenvalue weighted by molar-refractivity contribution is 6.33. The molecule has 0 unspecified atom stereocenters. The highest BCUT2D eigenvalue weighted by atomic mass is 16.3. The van der Waals surface area contributed by atoms with Crippen LogP contribution in [0.1, 0.15) is 0 Å². The molecule has 5 nitrogen and oxygen atoms in total. The minimum atomic E-state index is -0.931. The van der Waals surface area contributed by atoms with E-state index in [-0.39, 0.29) is 5.70 Å². The minimum absolute atomic E-state index is 0.000327. The zero-order valence-corrected chi connectivity index (χ0v) is 13.0. The SMILES string of the molecule is O=C1C=C(n2c(-c3ccccc3)cc3ccccc32)C(=O)C(O)=C1O. The van der Waals surface area contributed by atoms with Crippen LogP contribution >= 0.6 is 0 Å². The normalized spacial score (nSPS) is 15.0. The Morgan fingerprint density at radius 1 is 0.800 bits per heavy atom. The molecule has 25 heavy (non-hydrogen) atoms. The topological polar surface area (TPSA) is 79.5 Å². The lowest BCUT2D eigenvalue weighted by atomic mass is 10.0. The number of aliphatic hydroxyl groups is 2. The fourth-order valence-electron chi connectivity index (χ4n) is 3.01. The third-order valence-electron chi connectivity index (χ3n) is 4.19. The molecule has 0 saturated carbocycles. The number of benzene rings is 2. The summed E-state index contributed by atoms with van der Waals surface area (Å²) in [5.74, 6) is -3.45. The lowest BCUT2D eigenvalue weighted by Gasteiger charge is -2.17. The van der Waals surface area contributed by atoms with Crippen molar-refractivity contribution in [3.05, 3.63) is 78.3 Å². The van der Waals surface area contributed by atoms with Crippen molar-refractivity contribution in [1.82, 2.24) is 4.57 Å². The second-order valence-corrected chi connectivity index (χ2v) is 5.71. The van der Waals surface area contributed by atoms with Gasteiger partial charge in [0.25, 0.3) is 0 Å². The van der Waals surface area contributed by atoms with Crippen LogP contribution in [0.4, 0.5) is 0 Å². The molecular formula is C20H13NO4. The third kappa shape index (κ3) is 2.25. The predicted molar refractivity (Wildman–Crippen MR) is 93.9 cm³/mol. The molecule has 1 heterocycles. The van der Waals surface area contributed by atoms with E-state index in [1.807, 2.05) is 60.7 Å². The van der Waals surface area contributed by atoms with E-state index in [2.05, 4.69) is 0 Å². The van der Waals surface area contributed by atoms with Crippen LogP contribution in [-0.2, 0) is 9.59 Å². The number of hydrogen-bond acceptors (Lipinski definition) is 4. The number of fused-ring (bicyclic) bond motifs is 1. The maximum Gasteiger partial charge on any atom is 0.248 e. The van der Waals surface area contributed by atoms with Crippen LogP contribution in [0, 0.1) is 0 Å². The number of rotatable bonds is 2. The maximum absolute atomic E-state index is 12.5. The van der Waals surface area contributed by atoms with Crippen LogP contribution in [0.5, 0.6) is 0 Å².